The van der Waals surface area contributed by atoms with Crippen molar-refractivity contribution in [3.8, 4) is 0 Å². The quantitative estimate of drug-likeness (QED) is 0.654. The number of carbonyl (C=O) groups excluding carboxylic acids is 2. The summed E-state index contributed by atoms with van der Waals surface area (Å²) in [6.07, 6.45) is 9.58. The molecule has 2 aromatic rings. The Morgan fingerprint density at radius 1 is 0.962 bits per heavy atom. The lowest BCUT2D eigenvalue weighted by Crippen LogP contribution is -2.40. The minimum atomic E-state index is -0.501. The van der Waals surface area contributed by atoms with Crippen LogP contribution < -0.4 is 15.8 Å². The lowest BCUT2D eigenvalue weighted by molar-refractivity contribution is -0.117. The van der Waals surface area contributed by atoms with Crippen LogP contribution in [0.25, 0.3) is 6.08 Å². The average molecular weight is 353 g/mol. The lowest BCUT2D eigenvalue weighted by Gasteiger charge is -2.22. The predicted octanol–water partition coefficient (Wildman–Crippen LogP) is 3.13. The summed E-state index contributed by atoms with van der Waals surface area (Å²) in [6.45, 7) is 2.21. The second-order valence-electron chi connectivity index (χ2n) is 6.25. The van der Waals surface area contributed by atoms with Gasteiger partial charge >= 0.3 is 5.91 Å². The molecule has 2 amide bonds. The Morgan fingerprint density at radius 3 is 2.35 bits per heavy atom. The van der Waals surface area contributed by atoms with Gasteiger partial charge in [0.2, 0.25) is 0 Å². The molecule has 0 aliphatic carbocycles. The monoisotopic (exact) mass is 353 g/mol. The van der Waals surface area contributed by atoms with E-state index in [1.54, 1.807) is 12.1 Å². The molecule has 0 bridgehead atoms. The first kappa shape index (κ1) is 17.8. The molecule has 0 unspecified atom stereocenters. The molecular formula is C20H23N3O3. The zero-order valence-electron chi connectivity index (χ0n) is 14.6. The smallest absolute Gasteiger partial charge is 0.305 e. The number of nitrogens with zero attached hydrogens (tertiary/aromatic N) is 1. The van der Waals surface area contributed by atoms with Gasteiger partial charge in [0.05, 0.1) is 6.26 Å². The Balaban J connectivity index is 1.49. The van der Waals surface area contributed by atoms with Crippen LogP contribution in [-0.2, 0) is 4.79 Å². The first-order chi connectivity index (χ1) is 12.7. The molecule has 1 saturated heterocycles. The number of amides is 2. The highest BCUT2D eigenvalue weighted by atomic mass is 16.3. The molecule has 1 fully saturated rings. The van der Waals surface area contributed by atoms with Crippen LogP contribution in [0.1, 0.15) is 41.8 Å². The summed E-state index contributed by atoms with van der Waals surface area (Å²) in [5.41, 5.74) is 6.75. The SMILES string of the molecule is O=C(/C=C/c1ccc(N2CCCCCC2)cc1)NNC(=O)c1ccco1. The van der Waals surface area contributed by atoms with E-state index in [9.17, 15) is 9.59 Å². The molecule has 26 heavy (non-hydrogen) atoms. The van der Waals surface area contributed by atoms with E-state index in [0.29, 0.717) is 0 Å². The number of furan rings is 1. The molecule has 2 heterocycles. The first-order valence-electron chi connectivity index (χ1n) is 8.89. The van der Waals surface area contributed by atoms with Crippen molar-refractivity contribution in [1.82, 2.24) is 10.9 Å². The highest BCUT2D eigenvalue weighted by Gasteiger charge is 2.10. The largest absolute Gasteiger partial charge is 0.459 e. The lowest BCUT2D eigenvalue weighted by atomic mass is 10.1. The molecule has 1 aromatic heterocycles. The molecule has 3 rings (SSSR count). The normalized spacial score (nSPS) is 14.8. The highest BCUT2D eigenvalue weighted by molar-refractivity contribution is 5.96. The number of rotatable bonds is 4. The van der Waals surface area contributed by atoms with Gasteiger partial charge in [0.1, 0.15) is 0 Å². The van der Waals surface area contributed by atoms with Crippen molar-refractivity contribution >= 4 is 23.6 Å². The molecular weight excluding hydrogens is 330 g/mol. The topological polar surface area (TPSA) is 74.6 Å². The van der Waals surface area contributed by atoms with Gasteiger partial charge in [0.15, 0.2) is 5.76 Å². The Hall–Kier alpha value is -3.02. The Bertz CT molecular complexity index is 743. The third kappa shape index (κ3) is 4.99. The van der Waals surface area contributed by atoms with Crippen LogP contribution in [0.2, 0.25) is 0 Å². The molecule has 1 aliphatic heterocycles. The van der Waals surface area contributed by atoms with Gasteiger partial charge in [-0.2, -0.15) is 0 Å². The molecule has 0 atom stereocenters. The summed E-state index contributed by atoms with van der Waals surface area (Å²) in [4.78, 5) is 25.9. The van der Waals surface area contributed by atoms with Gasteiger partial charge in [-0.1, -0.05) is 25.0 Å². The summed E-state index contributed by atoms with van der Waals surface area (Å²) in [5, 5.41) is 0. The zero-order valence-corrected chi connectivity index (χ0v) is 14.6. The summed E-state index contributed by atoms with van der Waals surface area (Å²) in [5.74, 6) is -0.779. The van der Waals surface area contributed by atoms with Crippen molar-refractivity contribution in [1.29, 1.82) is 0 Å². The number of benzene rings is 1. The van der Waals surface area contributed by atoms with Crippen LogP contribution in [0.4, 0.5) is 5.69 Å². The van der Waals surface area contributed by atoms with Gasteiger partial charge in [0.25, 0.3) is 5.91 Å². The van der Waals surface area contributed by atoms with E-state index in [1.165, 1.54) is 49.8 Å². The molecule has 6 heteroatoms. The fourth-order valence-electron chi connectivity index (χ4n) is 2.93. The summed E-state index contributed by atoms with van der Waals surface area (Å²) < 4.78 is 4.94. The number of hydrazine groups is 1. The summed E-state index contributed by atoms with van der Waals surface area (Å²) in [7, 11) is 0. The molecule has 6 nitrogen and oxygen atoms in total. The van der Waals surface area contributed by atoms with Crippen LogP contribution in [-0.4, -0.2) is 24.9 Å². The number of anilines is 1. The van der Waals surface area contributed by atoms with Gasteiger partial charge < -0.3 is 9.32 Å². The van der Waals surface area contributed by atoms with E-state index in [4.69, 9.17) is 4.42 Å². The summed E-state index contributed by atoms with van der Waals surface area (Å²) >= 11 is 0. The maximum atomic E-state index is 11.8. The number of nitrogens with one attached hydrogen (secondary N) is 2. The second-order valence-corrected chi connectivity index (χ2v) is 6.25. The molecule has 0 saturated carbocycles. The number of hydrogen-bond donors (Lipinski definition) is 2. The Labute approximate surface area is 152 Å². The standard InChI is InChI=1S/C20H23N3O3/c24-19(21-22-20(25)18-6-5-15-26-18)12-9-16-7-10-17(11-8-16)23-13-3-1-2-4-14-23/h5-12,15H,1-4,13-14H2,(H,21,24)(H,22,25)/b12-9+. The van der Waals surface area contributed by atoms with Crippen LogP contribution in [0.5, 0.6) is 0 Å². The van der Waals surface area contributed by atoms with Crippen LogP contribution in [0.15, 0.2) is 53.2 Å². The van der Waals surface area contributed by atoms with Gasteiger partial charge in [-0.25, -0.2) is 0 Å². The van der Waals surface area contributed by atoms with Crippen LogP contribution >= 0.6 is 0 Å². The molecule has 136 valence electrons. The molecule has 0 radical (unpaired) electrons. The van der Waals surface area contributed by atoms with Crippen molar-refractivity contribution in [2.24, 2.45) is 0 Å². The molecule has 2 N–H and O–H groups in total. The third-order valence-corrected chi connectivity index (χ3v) is 4.34. The number of hydrogen-bond acceptors (Lipinski definition) is 4. The Kier molecular flexibility index (Phi) is 6.09. The maximum absolute atomic E-state index is 11.8. The van der Waals surface area contributed by atoms with E-state index in [-0.39, 0.29) is 5.76 Å². The van der Waals surface area contributed by atoms with E-state index in [0.717, 1.165) is 18.7 Å². The average Bonchev–Trinajstić information content (AvgIpc) is 3.08. The zero-order chi connectivity index (χ0) is 18.2. The maximum Gasteiger partial charge on any atom is 0.305 e. The third-order valence-electron chi connectivity index (χ3n) is 4.34. The van der Waals surface area contributed by atoms with Crippen molar-refractivity contribution in [3.05, 3.63) is 60.1 Å². The minimum absolute atomic E-state index is 0.137. The minimum Gasteiger partial charge on any atom is -0.459 e. The van der Waals surface area contributed by atoms with Gasteiger partial charge in [-0.15, -0.1) is 0 Å². The Morgan fingerprint density at radius 2 is 1.69 bits per heavy atom. The molecule has 0 spiro atoms. The van der Waals surface area contributed by atoms with Crippen molar-refractivity contribution < 1.29 is 14.0 Å². The molecule has 1 aliphatic rings. The van der Waals surface area contributed by atoms with Gasteiger partial charge in [-0.3, -0.25) is 20.4 Å². The fourth-order valence-corrected chi connectivity index (χ4v) is 2.93. The summed E-state index contributed by atoms with van der Waals surface area (Å²) in [6, 6.07) is 11.3. The van der Waals surface area contributed by atoms with E-state index < -0.39 is 11.8 Å². The fraction of sp³-hybridized carbons (Fsp3) is 0.300. The number of carbonyl (C=O) groups is 2. The highest BCUT2D eigenvalue weighted by Crippen LogP contribution is 2.20. The second kappa shape index (κ2) is 8.89. The van der Waals surface area contributed by atoms with E-state index in [2.05, 4.69) is 27.9 Å². The van der Waals surface area contributed by atoms with Crippen LogP contribution in [0.3, 0.4) is 0 Å². The molecule has 1 aromatic carbocycles. The van der Waals surface area contributed by atoms with Crippen molar-refractivity contribution in [3.63, 3.8) is 0 Å². The van der Waals surface area contributed by atoms with E-state index >= 15 is 0 Å². The van der Waals surface area contributed by atoms with Crippen LogP contribution in [0, 0.1) is 0 Å². The van der Waals surface area contributed by atoms with Gasteiger partial charge in [0, 0.05) is 24.9 Å². The van der Waals surface area contributed by atoms with Gasteiger partial charge in [-0.05, 0) is 48.7 Å². The van der Waals surface area contributed by atoms with Crippen molar-refractivity contribution in [2.75, 3.05) is 18.0 Å². The predicted molar refractivity (Wildman–Crippen MR) is 100 cm³/mol. The first-order valence-corrected chi connectivity index (χ1v) is 8.89. The van der Waals surface area contributed by atoms with Crippen molar-refractivity contribution in [2.45, 2.75) is 25.7 Å². The van der Waals surface area contributed by atoms with E-state index in [1.807, 2.05) is 12.1 Å².